The van der Waals surface area contributed by atoms with Gasteiger partial charge < -0.3 is 15.3 Å². The number of piperidine rings is 1. The first-order valence-corrected chi connectivity index (χ1v) is 7.81. The minimum absolute atomic E-state index is 0.277. The Bertz CT molecular complexity index is 453. The van der Waals surface area contributed by atoms with E-state index < -0.39 is 12.0 Å². The third-order valence-corrected chi connectivity index (χ3v) is 4.76. The summed E-state index contributed by atoms with van der Waals surface area (Å²) >= 11 is 1.34. The van der Waals surface area contributed by atoms with Crippen molar-refractivity contribution >= 4 is 23.3 Å². The van der Waals surface area contributed by atoms with E-state index in [4.69, 9.17) is 0 Å². The molecule has 5 nitrogen and oxygen atoms in total. The molecule has 2 rings (SSSR count). The molecular formula is C14H20N2O3S. The SMILES string of the molecule is CCC1CCN(C(=O)NC(C(=O)O)c2cccs2)CC1. The molecule has 1 aliphatic rings. The Morgan fingerprint density at radius 3 is 2.70 bits per heavy atom. The van der Waals surface area contributed by atoms with Crippen molar-refractivity contribution in [2.24, 2.45) is 5.92 Å². The van der Waals surface area contributed by atoms with Gasteiger partial charge in [-0.05, 0) is 30.2 Å². The van der Waals surface area contributed by atoms with Gasteiger partial charge in [0.15, 0.2) is 6.04 Å². The van der Waals surface area contributed by atoms with E-state index in [0.717, 1.165) is 19.3 Å². The van der Waals surface area contributed by atoms with Gasteiger partial charge in [-0.25, -0.2) is 9.59 Å². The second-order valence-corrected chi connectivity index (χ2v) is 6.05. The molecule has 0 radical (unpaired) electrons. The second-order valence-electron chi connectivity index (χ2n) is 5.07. The van der Waals surface area contributed by atoms with Crippen molar-refractivity contribution in [2.75, 3.05) is 13.1 Å². The number of nitrogens with zero attached hydrogens (tertiary/aromatic N) is 1. The standard InChI is InChI=1S/C14H20N2O3S/c1-2-10-5-7-16(8-6-10)14(19)15-12(13(17)18)11-4-3-9-20-11/h3-4,9-10,12H,2,5-8H2,1H3,(H,15,19)(H,17,18). The maximum absolute atomic E-state index is 12.2. The average molecular weight is 296 g/mol. The number of hydrogen-bond acceptors (Lipinski definition) is 3. The van der Waals surface area contributed by atoms with E-state index in [1.54, 1.807) is 17.0 Å². The molecule has 0 aromatic carbocycles. The summed E-state index contributed by atoms with van der Waals surface area (Å²) < 4.78 is 0. The maximum Gasteiger partial charge on any atom is 0.331 e. The Balaban J connectivity index is 1.94. The van der Waals surface area contributed by atoms with Gasteiger partial charge in [0, 0.05) is 18.0 Å². The number of carboxylic acids is 1. The summed E-state index contributed by atoms with van der Waals surface area (Å²) in [5.74, 6) is -0.337. The number of amides is 2. The topological polar surface area (TPSA) is 69.6 Å². The number of carbonyl (C=O) groups is 2. The van der Waals surface area contributed by atoms with Crippen molar-refractivity contribution in [1.82, 2.24) is 10.2 Å². The van der Waals surface area contributed by atoms with Crippen LogP contribution in [0, 0.1) is 5.92 Å². The Kier molecular flexibility index (Phi) is 5.00. The first-order valence-electron chi connectivity index (χ1n) is 6.93. The molecule has 1 aromatic rings. The van der Waals surface area contributed by atoms with E-state index in [0.29, 0.717) is 23.9 Å². The van der Waals surface area contributed by atoms with Crippen LogP contribution in [0.4, 0.5) is 4.79 Å². The first-order chi connectivity index (χ1) is 9.61. The fourth-order valence-corrected chi connectivity index (χ4v) is 3.24. The quantitative estimate of drug-likeness (QED) is 0.897. The van der Waals surface area contributed by atoms with E-state index in [-0.39, 0.29) is 6.03 Å². The summed E-state index contributed by atoms with van der Waals surface area (Å²) in [7, 11) is 0. The summed E-state index contributed by atoms with van der Waals surface area (Å²) in [5.41, 5.74) is 0. The minimum atomic E-state index is -1.02. The zero-order chi connectivity index (χ0) is 14.5. The van der Waals surface area contributed by atoms with Gasteiger partial charge in [0.25, 0.3) is 0 Å². The predicted molar refractivity (Wildman–Crippen MR) is 77.8 cm³/mol. The molecule has 1 fully saturated rings. The molecule has 1 atom stereocenters. The van der Waals surface area contributed by atoms with Crippen molar-refractivity contribution in [3.63, 3.8) is 0 Å². The van der Waals surface area contributed by atoms with Crippen LogP contribution in [-0.4, -0.2) is 35.1 Å². The molecule has 6 heteroatoms. The average Bonchev–Trinajstić information content (AvgIpc) is 2.98. The number of thiophene rings is 1. The van der Waals surface area contributed by atoms with Crippen LogP contribution in [0.3, 0.4) is 0 Å². The lowest BCUT2D eigenvalue weighted by Gasteiger charge is -2.32. The minimum Gasteiger partial charge on any atom is -0.479 e. The van der Waals surface area contributed by atoms with E-state index in [9.17, 15) is 14.7 Å². The number of urea groups is 1. The lowest BCUT2D eigenvalue weighted by atomic mass is 9.95. The number of hydrogen-bond donors (Lipinski definition) is 2. The van der Waals surface area contributed by atoms with Crippen LogP contribution < -0.4 is 5.32 Å². The first kappa shape index (κ1) is 14.8. The Labute approximate surface area is 122 Å². The fraction of sp³-hybridized carbons (Fsp3) is 0.571. The summed E-state index contributed by atoms with van der Waals surface area (Å²) in [6.45, 7) is 3.58. The van der Waals surface area contributed by atoms with Gasteiger partial charge in [0.1, 0.15) is 0 Å². The molecular weight excluding hydrogens is 276 g/mol. The van der Waals surface area contributed by atoms with Crippen LogP contribution in [0.1, 0.15) is 37.1 Å². The van der Waals surface area contributed by atoms with Gasteiger partial charge in [-0.1, -0.05) is 19.4 Å². The van der Waals surface area contributed by atoms with Crippen molar-refractivity contribution in [3.8, 4) is 0 Å². The van der Waals surface area contributed by atoms with Crippen molar-refractivity contribution in [1.29, 1.82) is 0 Å². The number of carboxylic acid groups (broad SMARTS) is 1. The molecule has 0 bridgehead atoms. The fourth-order valence-electron chi connectivity index (χ4n) is 2.47. The molecule has 1 saturated heterocycles. The van der Waals surface area contributed by atoms with Crippen LogP contribution in [0.25, 0.3) is 0 Å². The third-order valence-electron chi connectivity index (χ3n) is 3.82. The van der Waals surface area contributed by atoms with Crippen LogP contribution in [0.2, 0.25) is 0 Å². The number of aliphatic carboxylic acids is 1. The van der Waals surface area contributed by atoms with Gasteiger partial charge in [-0.3, -0.25) is 0 Å². The van der Waals surface area contributed by atoms with E-state index in [1.807, 2.05) is 5.38 Å². The highest BCUT2D eigenvalue weighted by atomic mass is 32.1. The smallest absolute Gasteiger partial charge is 0.331 e. The highest BCUT2D eigenvalue weighted by Gasteiger charge is 2.27. The van der Waals surface area contributed by atoms with Crippen LogP contribution >= 0.6 is 11.3 Å². The van der Waals surface area contributed by atoms with Crippen LogP contribution in [0.5, 0.6) is 0 Å². The van der Waals surface area contributed by atoms with Crippen molar-refractivity contribution < 1.29 is 14.7 Å². The number of rotatable bonds is 4. The molecule has 0 saturated carbocycles. The lowest BCUT2D eigenvalue weighted by Crippen LogP contribution is -2.46. The molecule has 1 aliphatic heterocycles. The second kappa shape index (κ2) is 6.74. The predicted octanol–water partition coefficient (Wildman–Crippen LogP) is 2.71. The molecule has 1 aromatic heterocycles. The zero-order valence-electron chi connectivity index (χ0n) is 11.5. The van der Waals surface area contributed by atoms with Crippen molar-refractivity contribution in [2.45, 2.75) is 32.2 Å². The normalized spacial score (nSPS) is 17.8. The number of likely N-dealkylation sites (tertiary alicyclic amines) is 1. The summed E-state index contributed by atoms with van der Waals surface area (Å²) in [6.07, 6.45) is 3.14. The maximum atomic E-state index is 12.2. The summed E-state index contributed by atoms with van der Waals surface area (Å²) in [6, 6.07) is 2.29. The van der Waals surface area contributed by atoms with E-state index in [1.165, 1.54) is 11.3 Å². The molecule has 2 heterocycles. The number of carbonyl (C=O) groups excluding carboxylic acids is 1. The molecule has 0 spiro atoms. The van der Waals surface area contributed by atoms with Crippen LogP contribution in [-0.2, 0) is 4.79 Å². The Morgan fingerprint density at radius 1 is 1.50 bits per heavy atom. The van der Waals surface area contributed by atoms with E-state index >= 15 is 0 Å². The summed E-state index contributed by atoms with van der Waals surface area (Å²) in [4.78, 5) is 25.8. The highest BCUT2D eigenvalue weighted by molar-refractivity contribution is 7.10. The third kappa shape index (κ3) is 3.50. The molecule has 1 unspecified atom stereocenters. The van der Waals surface area contributed by atoms with Gasteiger partial charge in [-0.2, -0.15) is 0 Å². The monoisotopic (exact) mass is 296 g/mol. The molecule has 20 heavy (non-hydrogen) atoms. The zero-order valence-corrected chi connectivity index (χ0v) is 12.4. The van der Waals surface area contributed by atoms with Gasteiger partial charge >= 0.3 is 12.0 Å². The Morgan fingerprint density at radius 2 is 2.20 bits per heavy atom. The molecule has 0 aliphatic carbocycles. The molecule has 2 N–H and O–H groups in total. The van der Waals surface area contributed by atoms with Crippen molar-refractivity contribution in [3.05, 3.63) is 22.4 Å². The highest BCUT2D eigenvalue weighted by Crippen LogP contribution is 2.22. The van der Waals surface area contributed by atoms with Crippen LogP contribution in [0.15, 0.2) is 17.5 Å². The molecule has 110 valence electrons. The molecule has 2 amide bonds. The number of nitrogens with one attached hydrogen (secondary N) is 1. The lowest BCUT2D eigenvalue weighted by molar-refractivity contribution is -0.139. The Hall–Kier alpha value is -1.56. The van der Waals surface area contributed by atoms with Gasteiger partial charge in [0.05, 0.1) is 0 Å². The van der Waals surface area contributed by atoms with Gasteiger partial charge in [-0.15, -0.1) is 11.3 Å². The summed E-state index contributed by atoms with van der Waals surface area (Å²) in [5, 5.41) is 13.7. The van der Waals surface area contributed by atoms with E-state index in [2.05, 4.69) is 12.2 Å². The largest absolute Gasteiger partial charge is 0.479 e. The van der Waals surface area contributed by atoms with Gasteiger partial charge in [0.2, 0.25) is 0 Å².